The fourth-order valence-electron chi connectivity index (χ4n) is 1.99. The molecule has 0 aromatic heterocycles. The van der Waals surface area contributed by atoms with Gasteiger partial charge < -0.3 is 9.84 Å². The maximum absolute atomic E-state index is 9.07. The van der Waals surface area contributed by atoms with Gasteiger partial charge in [0.1, 0.15) is 0 Å². The van der Waals surface area contributed by atoms with Crippen LogP contribution >= 0.6 is 0 Å². The van der Waals surface area contributed by atoms with E-state index in [9.17, 15) is 0 Å². The Hall–Kier alpha value is -0.0800. The second kappa shape index (κ2) is 4.97. The van der Waals surface area contributed by atoms with Crippen LogP contribution in [0.3, 0.4) is 0 Å². The van der Waals surface area contributed by atoms with Crippen LogP contribution in [0.4, 0.5) is 0 Å². The van der Waals surface area contributed by atoms with E-state index in [1.807, 2.05) is 0 Å². The van der Waals surface area contributed by atoms with Crippen molar-refractivity contribution >= 4 is 0 Å². The molecule has 3 unspecified atom stereocenters. The molecular formula is C11H22O2. The van der Waals surface area contributed by atoms with E-state index in [1.54, 1.807) is 0 Å². The molecule has 13 heavy (non-hydrogen) atoms. The molecule has 0 amide bonds. The lowest BCUT2D eigenvalue weighted by atomic mass is 9.82. The van der Waals surface area contributed by atoms with Crippen molar-refractivity contribution in [2.45, 2.75) is 39.7 Å². The first kappa shape index (κ1) is 11.0. The fourth-order valence-corrected chi connectivity index (χ4v) is 1.99. The Balaban J connectivity index is 2.41. The topological polar surface area (TPSA) is 29.5 Å². The van der Waals surface area contributed by atoms with Gasteiger partial charge in [-0.05, 0) is 30.6 Å². The minimum Gasteiger partial charge on any atom is -0.396 e. The molecule has 2 nitrogen and oxygen atoms in total. The third-order valence-electron chi connectivity index (χ3n) is 3.19. The summed E-state index contributed by atoms with van der Waals surface area (Å²) in [4.78, 5) is 0. The van der Waals surface area contributed by atoms with Crippen LogP contribution in [0, 0.1) is 17.8 Å². The van der Waals surface area contributed by atoms with Gasteiger partial charge in [0.15, 0.2) is 0 Å². The Morgan fingerprint density at radius 3 is 2.62 bits per heavy atom. The third-order valence-corrected chi connectivity index (χ3v) is 3.19. The summed E-state index contributed by atoms with van der Waals surface area (Å²) in [7, 11) is 0. The number of hydrogen-bond donors (Lipinski definition) is 1. The van der Waals surface area contributed by atoms with Crippen molar-refractivity contribution in [2.75, 3.05) is 13.2 Å². The first-order valence-corrected chi connectivity index (χ1v) is 5.37. The van der Waals surface area contributed by atoms with Gasteiger partial charge in [0.2, 0.25) is 0 Å². The molecule has 78 valence electrons. The molecule has 0 spiro atoms. The van der Waals surface area contributed by atoms with Crippen molar-refractivity contribution in [1.82, 2.24) is 0 Å². The molecule has 2 heteroatoms. The molecule has 3 atom stereocenters. The number of aliphatic hydroxyl groups excluding tert-OH is 1. The summed E-state index contributed by atoms with van der Waals surface area (Å²) < 4.78 is 5.68. The van der Waals surface area contributed by atoms with E-state index < -0.39 is 0 Å². The Kier molecular flexibility index (Phi) is 4.20. The maximum atomic E-state index is 9.07. The number of rotatable bonds is 3. The van der Waals surface area contributed by atoms with Crippen LogP contribution in [-0.2, 0) is 4.74 Å². The summed E-state index contributed by atoms with van der Waals surface area (Å²) in [6.45, 7) is 7.73. The van der Waals surface area contributed by atoms with Gasteiger partial charge in [-0.25, -0.2) is 0 Å². The molecule has 0 aromatic rings. The average Bonchev–Trinajstić information content (AvgIpc) is 2.17. The molecule has 1 saturated heterocycles. The van der Waals surface area contributed by atoms with Crippen molar-refractivity contribution in [3.63, 3.8) is 0 Å². The van der Waals surface area contributed by atoms with Crippen LogP contribution < -0.4 is 0 Å². The van der Waals surface area contributed by atoms with Gasteiger partial charge in [-0.15, -0.1) is 0 Å². The predicted octanol–water partition coefficient (Wildman–Crippen LogP) is 2.07. The molecule has 1 N–H and O–H groups in total. The van der Waals surface area contributed by atoms with Gasteiger partial charge in [0.05, 0.1) is 6.10 Å². The normalized spacial score (nSPS) is 32.1. The van der Waals surface area contributed by atoms with Crippen LogP contribution in [-0.4, -0.2) is 24.4 Å². The monoisotopic (exact) mass is 186 g/mol. The van der Waals surface area contributed by atoms with Crippen LogP contribution in [0.5, 0.6) is 0 Å². The van der Waals surface area contributed by atoms with Crippen molar-refractivity contribution in [3.8, 4) is 0 Å². The Bertz CT molecular complexity index is 145. The fraction of sp³-hybridized carbons (Fsp3) is 1.00. The lowest BCUT2D eigenvalue weighted by Crippen LogP contribution is -2.33. The molecule has 0 bridgehead atoms. The van der Waals surface area contributed by atoms with E-state index in [0.717, 1.165) is 19.4 Å². The summed E-state index contributed by atoms with van der Waals surface area (Å²) in [5.74, 6) is 1.70. The summed E-state index contributed by atoms with van der Waals surface area (Å²) in [5, 5.41) is 9.07. The zero-order chi connectivity index (χ0) is 9.84. The van der Waals surface area contributed by atoms with Crippen LogP contribution in [0.25, 0.3) is 0 Å². The van der Waals surface area contributed by atoms with Crippen molar-refractivity contribution < 1.29 is 9.84 Å². The number of aliphatic hydroxyl groups is 1. The third kappa shape index (κ3) is 2.96. The van der Waals surface area contributed by atoms with Crippen molar-refractivity contribution in [1.29, 1.82) is 0 Å². The average molecular weight is 186 g/mol. The van der Waals surface area contributed by atoms with E-state index in [1.165, 1.54) is 0 Å². The van der Waals surface area contributed by atoms with E-state index >= 15 is 0 Å². The zero-order valence-corrected chi connectivity index (χ0v) is 8.99. The molecule has 0 aromatic carbocycles. The molecule has 0 radical (unpaired) electrons. The van der Waals surface area contributed by atoms with Crippen molar-refractivity contribution in [3.05, 3.63) is 0 Å². The minimum absolute atomic E-state index is 0.315. The van der Waals surface area contributed by atoms with Gasteiger partial charge in [-0.3, -0.25) is 0 Å². The van der Waals surface area contributed by atoms with Gasteiger partial charge in [-0.1, -0.05) is 20.8 Å². The lowest BCUT2D eigenvalue weighted by Gasteiger charge is -2.34. The SMILES string of the molecule is CC(C)C1CC(C(C)CO)CCO1. The number of ether oxygens (including phenoxy) is 1. The molecule has 1 rings (SSSR count). The highest BCUT2D eigenvalue weighted by Crippen LogP contribution is 2.29. The Morgan fingerprint density at radius 1 is 1.38 bits per heavy atom. The molecule has 1 fully saturated rings. The zero-order valence-electron chi connectivity index (χ0n) is 8.99. The number of hydrogen-bond acceptors (Lipinski definition) is 2. The first-order valence-electron chi connectivity index (χ1n) is 5.37. The quantitative estimate of drug-likeness (QED) is 0.731. The highest BCUT2D eigenvalue weighted by molar-refractivity contribution is 4.76. The predicted molar refractivity (Wildman–Crippen MR) is 53.6 cm³/mol. The van der Waals surface area contributed by atoms with E-state index in [2.05, 4.69) is 20.8 Å². The Morgan fingerprint density at radius 2 is 2.08 bits per heavy atom. The Labute approximate surface area is 81.3 Å². The largest absolute Gasteiger partial charge is 0.396 e. The van der Waals surface area contributed by atoms with Gasteiger partial charge in [0.25, 0.3) is 0 Å². The summed E-state index contributed by atoms with van der Waals surface area (Å²) in [5.41, 5.74) is 0. The van der Waals surface area contributed by atoms with E-state index in [0.29, 0.717) is 30.5 Å². The van der Waals surface area contributed by atoms with Crippen LogP contribution in [0.15, 0.2) is 0 Å². The summed E-state index contributed by atoms with van der Waals surface area (Å²) in [6, 6.07) is 0. The van der Waals surface area contributed by atoms with Gasteiger partial charge in [-0.2, -0.15) is 0 Å². The lowest BCUT2D eigenvalue weighted by molar-refractivity contribution is -0.0486. The first-order chi connectivity index (χ1) is 6.15. The molecule has 1 aliphatic heterocycles. The van der Waals surface area contributed by atoms with Gasteiger partial charge in [0, 0.05) is 13.2 Å². The summed E-state index contributed by atoms with van der Waals surface area (Å²) >= 11 is 0. The molecular weight excluding hydrogens is 164 g/mol. The van der Waals surface area contributed by atoms with Crippen molar-refractivity contribution in [2.24, 2.45) is 17.8 Å². The molecule has 0 aliphatic carbocycles. The molecule has 1 heterocycles. The van der Waals surface area contributed by atoms with Crippen LogP contribution in [0.1, 0.15) is 33.6 Å². The minimum atomic E-state index is 0.315. The van der Waals surface area contributed by atoms with E-state index in [-0.39, 0.29) is 0 Å². The maximum Gasteiger partial charge on any atom is 0.0600 e. The second-order valence-corrected chi connectivity index (χ2v) is 4.60. The highest BCUT2D eigenvalue weighted by Gasteiger charge is 2.27. The highest BCUT2D eigenvalue weighted by atomic mass is 16.5. The van der Waals surface area contributed by atoms with Crippen LogP contribution in [0.2, 0.25) is 0 Å². The van der Waals surface area contributed by atoms with E-state index in [4.69, 9.17) is 9.84 Å². The molecule has 0 saturated carbocycles. The van der Waals surface area contributed by atoms with Gasteiger partial charge >= 0.3 is 0 Å². The second-order valence-electron chi connectivity index (χ2n) is 4.60. The summed E-state index contributed by atoms with van der Waals surface area (Å²) in [6.07, 6.45) is 2.65. The standard InChI is InChI=1S/C11H22O2/c1-8(2)11-6-10(4-5-13-11)9(3)7-12/h8-12H,4-7H2,1-3H3. The smallest absolute Gasteiger partial charge is 0.0600 e. The molecule has 1 aliphatic rings.